The molecule has 0 aromatic heterocycles. The first-order valence-corrected chi connectivity index (χ1v) is 10.2. The molecule has 3 aromatic rings. The Morgan fingerprint density at radius 2 is 1.72 bits per heavy atom. The molecule has 0 heterocycles. The molecule has 2 N–H and O–H groups in total. The van der Waals surface area contributed by atoms with Crippen LogP contribution in [-0.4, -0.2) is 17.6 Å². The molecule has 0 aliphatic carbocycles. The molecule has 4 nitrogen and oxygen atoms in total. The van der Waals surface area contributed by atoms with Gasteiger partial charge in [0.05, 0.1) is 13.0 Å². The van der Waals surface area contributed by atoms with E-state index < -0.39 is 0 Å². The van der Waals surface area contributed by atoms with Gasteiger partial charge >= 0.3 is 0 Å². The zero-order valence-electron chi connectivity index (χ0n) is 16.8. The number of benzene rings is 3. The number of nitrogens with one attached hydrogen (secondary N) is 2. The number of hydrogen-bond acceptors (Lipinski definition) is 3. The van der Waals surface area contributed by atoms with Gasteiger partial charge in [0, 0.05) is 5.69 Å². The van der Waals surface area contributed by atoms with Crippen LogP contribution in [0.4, 0.5) is 5.69 Å². The maximum atomic E-state index is 12.4. The van der Waals surface area contributed by atoms with Crippen LogP contribution >= 0.6 is 12.2 Å². The van der Waals surface area contributed by atoms with Gasteiger partial charge in [-0.05, 0) is 65.2 Å². The van der Waals surface area contributed by atoms with Gasteiger partial charge in [0.2, 0.25) is 5.91 Å². The van der Waals surface area contributed by atoms with Crippen LogP contribution in [0.3, 0.4) is 0 Å². The lowest BCUT2D eigenvalue weighted by molar-refractivity contribution is -0.119. The minimum atomic E-state index is -0.146. The van der Waals surface area contributed by atoms with Crippen LogP contribution in [0.2, 0.25) is 0 Å². The third-order valence-corrected chi connectivity index (χ3v) is 4.76. The third kappa shape index (κ3) is 6.29. The van der Waals surface area contributed by atoms with Gasteiger partial charge in [0.1, 0.15) is 5.75 Å². The lowest BCUT2D eigenvalue weighted by Crippen LogP contribution is -2.35. The number of amides is 1. The van der Waals surface area contributed by atoms with E-state index in [1.807, 2.05) is 66.7 Å². The Morgan fingerprint density at radius 3 is 2.48 bits per heavy atom. The lowest BCUT2D eigenvalue weighted by Gasteiger charge is -2.12. The van der Waals surface area contributed by atoms with Gasteiger partial charge in [-0.1, -0.05) is 56.3 Å². The van der Waals surface area contributed by atoms with E-state index in [1.54, 1.807) is 0 Å². The minimum Gasteiger partial charge on any atom is -0.494 e. The molecule has 0 aliphatic rings. The Bertz CT molecular complexity index is 978. The highest BCUT2D eigenvalue weighted by Crippen LogP contribution is 2.19. The number of carbonyl (C=O) groups excluding carboxylic acids is 1. The van der Waals surface area contributed by atoms with Crippen LogP contribution in [0.25, 0.3) is 10.8 Å². The van der Waals surface area contributed by atoms with Crippen LogP contribution in [0.5, 0.6) is 5.75 Å². The van der Waals surface area contributed by atoms with Gasteiger partial charge < -0.3 is 15.4 Å². The summed E-state index contributed by atoms with van der Waals surface area (Å²) in [6.07, 6.45) is 1.29. The standard InChI is InChI=1S/C24H26N2O2S/c1-17(2)14-15-28-21-12-10-20(11-13-21)25-24(29)26-23(27)16-19-8-5-7-18-6-3-4-9-22(18)19/h3-13,17H,14-16H2,1-2H3,(H2,25,26,27,29). The molecule has 0 radical (unpaired) electrons. The molecular weight excluding hydrogens is 380 g/mol. The van der Waals surface area contributed by atoms with Crippen molar-refractivity contribution in [3.05, 3.63) is 72.3 Å². The van der Waals surface area contributed by atoms with Crippen LogP contribution in [0.15, 0.2) is 66.7 Å². The third-order valence-electron chi connectivity index (χ3n) is 4.56. The predicted molar refractivity (Wildman–Crippen MR) is 123 cm³/mol. The van der Waals surface area contributed by atoms with Crippen molar-refractivity contribution in [2.24, 2.45) is 5.92 Å². The van der Waals surface area contributed by atoms with Crippen molar-refractivity contribution >= 4 is 39.7 Å². The Balaban J connectivity index is 1.51. The summed E-state index contributed by atoms with van der Waals surface area (Å²) in [6, 6.07) is 21.6. The first-order chi connectivity index (χ1) is 14.0. The predicted octanol–water partition coefficient (Wildman–Crippen LogP) is 5.32. The summed E-state index contributed by atoms with van der Waals surface area (Å²) < 4.78 is 5.71. The Hall–Kier alpha value is -2.92. The van der Waals surface area contributed by atoms with E-state index in [0.29, 0.717) is 12.5 Å². The lowest BCUT2D eigenvalue weighted by atomic mass is 10.0. The van der Waals surface area contributed by atoms with Gasteiger partial charge in [-0.3, -0.25) is 4.79 Å². The molecule has 3 aromatic carbocycles. The molecule has 0 fully saturated rings. The first-order valence-electron chi connectivity index (χ1n) is 9.81. The van der Waals surface area contributed by atoms with Crippen molar-refractivity contribution in [3.8, 4) is 5.75 Å². The van der Waals surface area contributed by atoms with Crippen molar-refractivity contribution in [3.63, 3.8) is 0 Å². The van der Waals surface area contributed by atoms with Gasteiger partial charge in [0.15, 0.2) is 5.11 Å². The second kappa shape index (κ2) is 10.0. The van der Waals surface area contributed by atoms with Gasteiger partial charge in [-0.25, -0.2) is 0 Å². The fourth-order valence-electron chi connectivity index (χ4n) is 3.00. The number of thiocarbonyl (C=S) groups is 1. The zero-order chi connectivity index (χ0) is 20.6. The molecule has 3 rings (SSSR count). The molecular formula is C24H26N2O2S. The van der Waals surface area contributed by atoms with Gasteiger partial charge in [-0.15, -0.1) is 0 Å². The molecule has 150 valence electrons. The van der Waals surface area contributed by atoms with Crippen molar-refractivity contribution in [2.45, 2.75) is 26.7 Å². The fourth-order valence-corrected chi connectivity index (χ4v) is 3.23. The van der Waals surface area contributed by atoms with Crippen LogP contribution in [0.1, 0.15) is 25.8 Å². The normalized spacial score (nSPS) is 10.7. The molecule has 0 unspecified atom stereocenters. The van der Waals surface area contributed by atoms with Crippen LogP contribution in [-0.2, 0) is 11.2 Å². The highest BCUT2D eigenvalue weighted by molar-refractivity contribution is 7.80. The number of carbonyl (C=O) groups is 1. The monoisotopic (exact) mass is 406 g/mol. The Labute approximate surface area is 177 Å². The van der Waals surface area contributed by atoms with E-state index in [9.17, 15) is 4.79 Å². The van der Waals surface area contributed by atoms with E-state index in [4.69, 9.17) is 17.0 Å². The maximum Gasteiger partial charge on any atom is 0.230 e. The van der Waals surface area contributed by atoms with Crippen molar-refractivity contribution in [2.75, 3.05) is 11.9 Å². The van der Waals surface area contributed by atoms with Crippen LogP contribution in [0, 0.1) is 5.92 Å². The first kappa shape index (κ1) is 20.8. The molecule has 0 saturated heterocycles. The highest BCUT2D eigenvalue weighted by Gasteiger charge is 2.09. The second-order valence-electron chi connectivity index (χ2n) is 7.37. The summed E-state index contributed by atoms with van der Waals surface area (Å²) in [7, 11) is 0. The van der Waals surface area contributed by atoms with E-state index >= 15 is 0 Å². The molecule has 29 heavy (non-hydrogen) atoms. The number of rotatable bonds is 7. The molecule has 0 aliphatic heterocycles. The molecule has 0 atom stereocenters. The largest absolute Gasteiger partial charge is 0.494 e. The SMILES string of the molecule is CC(C)CCOc1ccc(NC(=S)NC(=O)Cc2cccc3ccccc23)cc1. The summed E-state index contributed by atoms with van der Waals surface area (Å²) in [4.78, 5) is 12.4. The number of fused-ring (bicyclic) bond motifs is 1. The Kier molecular flexibility index (Phi) is 7.19. The summed E-state index contributed by atoms with van der Waals surface area (Å²) in [5, 5.41) is 8.28. The van der Waals surface area contributed by atoms with E-state index in [2.05, 4.69) is 24.5 Å². The van der Waals surface area contributed by atoms with E-state index in [1.165, 1.54) is 0 Å². The quantitative estimate of drug-likeness (QED) is 0.521. The summed E-state index contributed by atoms with van der Waals surface area (Å²) in [6.45, 7) is 5.05. The molecule has 0 spiro atoms. The van der Waals surface area contributed by atoms with Crippen LogP contribution < -0.4 is 15.4 Å². The molecule has 5 heteroatoms. The van der Waals surface area contributed by atoms with E-state index in [-0.39, 0.29) is 17.4 Å². The number of anilines is 1. The highest BCUT2D eigenvalue weighted by atomic mass is 32.1. The van der Waals surface area contributed by atoms with E-state index in [0.717, 1.165) is 34.2 Å². The van der Waals surface area contributed by atoms with Gasteiger partial charge in [0.25, 0.3) is 0 Å². The number of hydrogen-bond donors (Lipinski definition) is 2. The zero-order valence-corrected chi connectivity index (χ0v) is 17.6. The molecule has 0 saturated carbocycles. The Morgan fingerprint density at radius 1 is 1.00 bits per heavy atom. The topological polar surface area (TPSA) is 50.4 Å². The maximum absolute atomic E-state index is 12.4. The summed E-state index contributed by atoms with van der Waals surface area (Å²) >= 11 is 5.28. The average molecular weight is 407 g/mol. The summed E-state index contributed by atoms with van der Waals surface area (Å²) in [5.41, 5.74) is 1.78. The fraction of sp³-hybridized carbons (Fsp3) is 0.250. The average Bonchev–Trinajstić information content (AvgIpc) is 2.69. The smallest absolute Gasteiger partial charge is 0.230 e. The second-order valence-corrected chi connectivity index (χ2v) is 7.78. The molecule has 1 amide bonds. The van der Waals surface area contributed by atoms with Gasteiger partial charge in [-0.2, -0.15) is 0 Å². The molecule has 0 bridgehead atoms. The summed E-state index contributed by atoms with van der Waals surface area (Å²) in [5.74, 6) is 1.29. The number of ether oxygens (including phenoxy) is 1. The van der Waals surface area contributed by atoms with Crippen molar-refractivity contribution in [1.82, 2.24) is 5.32 Å². The van der Waals surface area contributed by atoms with Crippen molar-refractivity contribution in [1.29, 1.82) is 0 Å². The van der Waals surface area contributed by atoms with Crippen molar-refractivity contribution < 1.29 is 9.53 Å². The minimum absolute atomic E-state index is 0.146.